The highest BCUT2D eigenvalue weighted by Crippen LogP contribution is 2.40. The number of amides is 4. The predicted octanol–water partition coefficient (Wildman–Crippen LogP) is 3.40. The van der Waals surface area contributed by atoms with E-state index in [0.29, 0.717) is 30.6 Å². The van der Waals surface area contributed by atoms with Gasteiger partial charge in [0.1, 0.15) is 5.82 Å². The molecule has 3 aliphatic rings. The number of benzene rings is 1. The molecule has 2 saturated heterocycles. The molecular weight excluding hydrogens is 335 g/mol. The Morgan fingerprint density at radius 3 is 2.88 bits per heavy atom. The van der Waals surface area contributed by atoms with Crippen molar-refractivity contribution >= 4 is 23.4 Å². The molecule has 0 aromatic heterocycles. The van der Waals surface area contributed by atoms with Crippen molar-refractivity contribution in [1.29, 1.82) is 0 Å². The van der Waals surface area contributed by atoms with Crippen molar-refractivity contribution in [3.63, 3.8) is 0 Å². The summed E-state index contributed by atoms with van der Waals surface area (Å²) in [6.07, 6.45) is 4.57. The lowest BCUT2D eigenvalue weighted by Gasteiger charge is -2.32. The fourth-order valence-corrected chi connectivity index (χ4v) is 4.69. The molecule has 0 radical (unpaired) electrons. The van der Waals surface area contributed by atoms with Crippen LogP contribution in [0.1, 0.15) is 32.6 Å². The molecule has 3 atom stereocenters. The first-order chi connectivity index (χ1) is 12.5. The first kappa shape index (κ1) is 17.1. The Morgan fingerprint density at radius 1 is 1.31 bits per heavy atom. The smallest absolute Gasteiger partial charge is 0.322 e. The predicted molar refractivity (Wildman–Crippen MR) is 97.8 cm³/mol. The molecule has 2 aliphatic heterocycles. The molecule has 26 heavy (non-hydrogen) atoms. The minimum Gasteiger partial charge on any atom is -0.336 e. The number of carbonyl (C=O) groups excluding carboxylic acids is 2. The standard InChI is InChI=1S/C19H25FN4O2/c1-12-11-24(17-5-3-2-4-14(12)17)19(26)22-16-10-13(6-7-15(16)20)23-9-8-21-18(23)25/h6-7,10,12,14,17H,2-5,8-9,11H2,1H3,(H,21,25)(H,22,26). The molecule has 1 aromatic rings. The van der Waals surface area contributed by atoms with Gasteiger partial charge < -0.3 is 15.5 Å². The van der Waals surface area contributed by atoms with E-state index in [0.717, 1.165) is 19.4 Å². The number of nitrogens with zero attached hydrogens (tertiary/aromatic N) is 2. The third-order valence-corrected chi connectivity index (χ3v) is 6.02. The summed E-state index contributed by atoms with van der Waals surface area (Å²) < 4.78 is 14.3. The largest absolute Gasteiger partial charge is 0.336 e. The van der Waals surface area contributed by atoms with Crippen molar-refractivity contribution < 1.29 is 14.0 Å². The molecule has 0 bridgehead atoms. The van der Waals surface area contributed by atoms with Crippen molar-refractivity contribution in [1.82, 2.24) is 10.2 Å². The van der Waals surface area contributed by atoms with Gasteiger partial charge in [-0.1, -0.05) is 19.8 Å². The van der Waals surface area contributed by atoms with Crippen molar-refractivity contribution in [2.75, 3.05) is 29.9 Å². The number of halogens is 1. The van der Waals surface area contributed by atoms with Gasteiger partial charge in [-0.15, -0.1) is 0 Å². The molecule has 7 heteroatoms. The molecule has 2 N–H and O–H groups in total. The molecule has 3 unspecified atom stereocenters. The Balaban J connectivity index is 1.51. The van der Waals surface area contributed by atoms with Gasteiger partial charge in [-0.2, -0.15) is 0 Å². The van der Waals surface area contributed by atoms with Gasteiger partial charge in [0.05, 0.1) is 5.69 Å². The van der Waals surface area contributed by atoms with Gasteiger partial charge in [-0.3, -0.25) is 4.90 Å². The van der Waals surface area contributed by atoms with Crippen LogP contribution in [0, 0.1) is 17.7 Å². The van der Waals surface area contributed by atoms with E-state index in [2.05, 4.69) is 17.6 Å². The topological polar surface area (TPSA) is 64.7 Å². The van der Waals surface area contributed by atoms with E-state index in [1.54, 1.807) is 11.0 Å². The molecule has 140 valence electrons. The highest BCUT2D eigenvalue weighted by molar-refractivity contribution is 5.96. The number of urea groups is 2. The van der Waals surface area contributed by atoms with Gasteiger partial charge in [0, 0.05) is 31.4 Å². The van der Waals surface area contributed by atoms with Crippen molar-refractivity contribution in [3.05, 3.63) is 24.0 Å². The van der Waals surface area contributed by atoms with Crippen LogP contribution in [-0.4, -0.2) is 42.6 Å². The maximum absolute atomic E-state index is 14.3. The Bertz CT molecular complexity index is 725. The third kappa shape index (κ3) is 2.99. The van der Waals surface area contributed by atoms with Crippen LogP contribution in [0.5, 0.6) is 0 Å². The Hall–Kier alpha value is -2.31. The number of fused-ring (bicyclic) bond motifs is 1. The number of hydrogen-bond donors (Lipinski definition) is 2. The second-order valence-electron chi connectivity index (χ2n) is 7.62. The molecule has 1 aromatic carbocycles. The fourth-order valence-electron chi connectivity index (χ4n) is 4.69. The summed E-state index contributed by atoms with van der Waals surface area (Å²) in [4.78, 5) is 28.1. The van der Waals surface area contributed by atoms with Crippen molar-refractivity contribution in [2.45, 2.75) is 38.6 Å². The summed E-state index contributed by atoms with van der Waals surface area (Å²) in [5, 5.41) is 5.46. The SMILES string of the molecule is CC1CN(C(=O)Nc2cc(N3CCNC3=O)ccc2F)C2CCCCC12. The van der Waals surface area contributed by atoms with Crippen molar-refractivity contribution in [2.24, 2.45) is 11.8 Å². The van der Waals surface area contributed by atoms with Crippen LogP contribution >= 0.6 is 0 Å². The summed E-state index contributed by atoms with van der Waals surface area (Å²) in [6, 6.07) is 4.21. The summed E-state index contributed by atoms with van der Waals surface area (Å²) in [6.45, 7) is 4.01. The van der Waals surface area contributed by atoms with Crippen LogP contribution in [0.15, 0.2) is 18.2 Å². The Kier molecular flexibility index (Phi) is 4.46. The molecule has 4 amide bonds. The highest BCUT2D eigenvalue weighted by atomic mass is 19.1. The van der Waals surface area contributed by atoms with Gasteiger partial charge in [0.15, 0.2) is 0 Å². The molecular formula is C19H25FN4O2. The minimum absolute atomic E-state index is 0.124. The summed E-state index contributed by atoms with van der Waals surface area (Å²) in [5.41, 5.74) is 0.709. The van der Waals surface area contributed by atoms with Crippen LogP contribution < -0.4 is 15.5 Å². The fraction of sp³-hybridized carbons (Fsp3) is 0.579. The average Bonchev–Trinajstić information content (AvgIpc) is 3.21. The maximum Gasteiger partial charge on any atom is 0.322 e. The number of hydrogen-bond acceptors (Lipinski definition) is 2. The Morgan fingerprint density at radius 2 is 2.12 bits per heavy atom. The van der Waals surface area contributed by atoms with E-state index in [9.17, 15) is 14.0 Å². The summed E-state index contributed by atoms with van der Waals surface area (Å²) in [7, 11) is 0. The average molecular weight is 360 g/mol. The lowest BCUT2D eigenvalue weighted by atomic mass is 9.80. The first-order valence-corrected chi connectivity index (χ1v) is 9.47. The van der Waals surface area contributed by atoms with Gasteiger partial charge >= 0.3 is 12.1 Å². The number of nitrogens with one attached hydrogen (secondary N) is 2. The molecule has 3 fully saturated rings. The van der Waals surface area contributed by atoms with E-state index in [4.69, 9.17) is 0 Å². The number of rotatable bonds is 2. The van der Waals surface area contributed by atoms with Crippen LogP contribution in [0.2, 0.25) is 0 Å². The second-order valence-corrected chi connectivity index (χ2v) is 7.62. The van der Waals surface area contributed by atoms with E-state index in [1.807, 2.05) is 4.90 Å². The minimum atomic E-state index is -0.492. The zero-order chi connectivity index (χ0) is 18.3. The quantitative estimate of drug-likeness (QED) is 0.849. The summed E-state index contributed by atoms with van der Waals surface area (Å²) in [5.74, 6) is 0.545. The van der Waals surface area contributed by atoms with E-state index < -0.39 is 5.82 Å². The number of anilines is 2. The third-order valence-electron chi connectivity index (χ3n) is 6.02. The first-order valence-electron chi connectivity index (χ1n) is 9.47. The molecule has 2 heterocycles. The highest BCUT2D eigenvalue weighted by Gasteiger charge is 2.42. The second kappa shape index (κ2) is 6.78. The zero-order valence-electron chi connectivity index (χ0n) is 15.0. The number of carbonyl (C=O) groups is 2. The van der Waals surface area contributed by atoms with Crippen LogP contribution in [0.3, 0.4) is 0 Å². The lowest BCUT2D eigenvalue weighted by molar-refractivity contribution is 0.180. The van der Waals surface area contributed by atoms with E-state index in [-0.39, 0.29) is 23.8 Å². The number of likely N-dealkylation sites (tertiary alicyclic amines) is 1. The molecule has 1 aliphatic carbocycles. The lowest BCUT2D eigenvalue weighted by Crippen LogP contribution is -2.41. The van der Waals surface area contributed by atoms with Gasteiger partial charge in [0.25, 0.3) is 0 Å². The molecule has 4 rings (SSSR count). The zero-order valence-corrected chi connectivity index (χ0v) is 15.0. The van der Waals surface area contributed by atoms with Gasteiger partial charge in [-0.05, 0) is 42.9 Å². The maximum atomic E-state index is 14.3. The Labute approximate surface area is 152 Å². The van der Waals surface area contributed by atoms with Crippen LogP contribution in [0.4, 0.5) is 25.4 Å². The van der Waals surface area contributed by atoms with E-state index >= 15 is 0 Å². The van der Waals surface area contributed by atoms with Crippen LogP contribution in [0.25, 0.3) is 0 Å². The molecule has 0 spiro atoms. The van der Waals surface area contributed by atoms with Crippen LogP contribution in [-0.2, 0) is 0 Å². The van der Waals surface area contributed by atoms with E-state index in [1.165, 1.54) is 25.0 Å². The normalized spacial score (nSPS) is 28.1. The molecule has 6 nitrogen and oxygen atoms in total. The van der Waals surface area contributed by atoms with Crippen molar-refractivity contribution in [3.8, 4) is 0 Å². The summed E-state index contributed by atoms with van der Waals surface area (Å²) >= 11 is 0. The van der Waals surface area contributed by atoms with Gasteiger partial charge in [0.2, 0.25) is 0 Å². The van der Waals surface area contributed by atoms with Gasteiger partial charge in [-0.25, -0.2) is 14.0 Å². The molecule has 1 saturated carbocycles. The monoisotopic (exact) mass is 360 g/mol.